The first-order valence-corrected chi connectivity index (χ1v) is 6.97. The molecule has 19 heavy (non-hydrogen) atoms. The zero-order valence-corrected chi connectivity index (χ0v) is 11.6. The molecule has 0 N–H and O–H groups in total. The number of benzene rings is 1. The van der Waals surface area contributed by atoms with Crippen molar-refractivity contribution < 1.29 is 0 Å². The highest BCUT2D eigenvalue weighted by atomic mass is 32.2. The normalized spacial score (nSPS) is 14.5. The fourth-order valence-electron chi connectivity index (χ4n) is 2.03. The molecule has 2 aromatic rings. The number of allylic oxidation sites excluding steroid dienone is 2. The highest BCUT2D eigenvalue weighted by Crippen LogP contribution is 2.39. The van der Waals surface area contributed by atoms with Gasteiger partial charge < -0.3 is 0 Å². The molecule has 4 heteroatoms. The predicted octanol–water partition coefficient (Wildman–Crippen LogP) is 3.99. The number of aromatic nitrogens is 2. The van der Waals surface area contributed by atoms with Gasteiger partial charge in [0.25, 0.3) is 0 Å². The van der Waals surface area contributed by atoms with Crippen LogP contribution in [-0.2, 0) is 0 Å². The zero-order chi connectivity index (χ0) is 13.2. The Balaban J connectivity index is 2.21. The van der Waals surface area contributed by atoms with Crippen molar-refractivity contribution in [1.82, 2.24) is 9.97 Å². The molecule has 0 radical (unpaired) electrons. The Labute approximate surface area is 116 Å². The van der Waals surface area contributed by atoms with Crippen molar-refractivity contribution in [2.75, 3.05) is 0 Å². The van der Waals surface area contributed by atoms with E-state index in [0.29, 0.717) is 0 Å². The van der Waals surface area contributed by atoms with Crippen LogP contribution in [0.1, 0.15) is 18.4 Å². The molecule has 0 aliphatic carbocycles. The number of aliphatic imine (C=N–C) groups is 1. The van der Waals surface area contributed by atoms with Crippen molar-refractivity contribution in [3.63, 3.8) is 0 Å². The second kappa shape index (κ2) is 4.97. The summed E-state index contributed by atoms with van der Waals surface area (Å²) in [7, 11) is 0. The summed E-state index contributed by atoms with van der Waals surface area (Å²) in [6.07, 6.45) is 5.66. The zero-order valence-electron chi connectivity index (χ0n) is 10.8. The number of hydrogen-bond acceptors (Lipinski definition) is 4. The van der Waals surface area contributed by atoms with Crippen LogP contribution in [0.5, 0.6) is 0 Å². The summed E-state index contributed by atoms with van der Waals surface area (Å²) < 4.78 is 0. The van der Waals surface area contributed by atoms with Crippen molar-refractivity contribution in [2.45, 2.75) is 18.7 Å². The second-order valence-electron chi connectivity index (χ2n) is 4.19. The highest BCUT2D eigenvalue weighted by molar-refractivity contribution is 8.02. The fraction of sp³-hybridized carbons (Fsp3) is 0.133. The lowest BCUT2D eigenvalue weighted by Crippen LogP contribution is -2.00. The smallest absolute Gasteiger partial charge is 0.126 e. The summed E-state index contributed by atoms with van der Waals surface area (Å²) >= 11 is 1.67. The van der Waals surface area contributed by atoms with Crippen LogP contribution >= 0.6 is 11.8 Å². The first-order valence-electron chi connectivity index (χ1n) is 6.09. The maximum atomic E-state index is 4.56. The molecule has 1 aromatic carbocycles. The molecule has 0 saturated heterocycles. The van der Waals surface area contributed by atoms with Gasteiger partial charge in [-0.3, -0.25) is 4.99 Å². The second-order valence-corrected chi connectivity index (χ2v) is 5.11. The van der Waals surface area contributed by atoms with Gasteiger partial charge in [-0.05, 0) is 32.1 Å². The molecule has 0 fully saturated rings. The van der Waals surface area contributed by atoms with Gasteiger partial charge in [-0.1, -0.05) is 23.9 Å². The van der Waals surface area contributed by atoms with Gasteiger partial charge in [0.2, 0.25) is 0 Å². The third-order valence-electron chi connectivity index (χ3n) is 2.83. The first-order chi connectivity index (χ1) is 9.29. The van der Waals surface area contributed by atoms with Crippen LogP contribution < -0.4 is 0 Å². The minimum atomic E-state index is 0.777. The Hall–Kier alpha value is -1.94. The Kier molecular flexibility index (Phi) is 3.17. The molecule has 1 aliphatic heterocycles. The van der Waals surface area contributed by atoms with Crippen molar-refractivity contribution >= 4 is 34.6 Å². The summed E-state index contributed by atoms with van der Waals surface area (Å²) in [5, 5.41) is 3.15. The van der Waals surface area contributed by atoms with Gasteiger partial charge in [0.05, 0.1) is 11.2 Å². The van der Waals surface area contributed by atoms with Crippen molar-refractivity contribution in [2.24, 2.45) is 4.99 Å². The molecule has 2 heterocycles. The van der Waals surface area contributed by atoms with E-state index in [1.807, 2.05) is 43.5 Å². The average Bonchev–Trinajstić information content (AvgIpc) is 2.41. The van der Waals surface area contributed by atoms with Crippen LogP contribution in [0.4, 0.5) is 0 Å². The summed E-state index contributed by atoms with van der Waals surface area (Å²) in [6, 6.07) is 6.15. The SMILES string of the molecule is C/C=C\C=N/C1=CSc2cccc3nc(C)nc1c23. The molecule has 0 spiro atoms. The third kappa shape index (κ3) is 2.19. The number of hydrogen-bond donors (Lipinski definition) is 0. The van der Waals surface area contributed by atoms with Gasteiger partial charge in [0, 0.05) is 21.9 Å². The molecule has 0 amide bonds. The summed E-state index contributed by atoms with van der Waals surface area (Å²) in [5.74, 6) is 0.777. The number of thioether (sulfide) groups is 1. The first kappa shape index (κ1) is 12.1. The van der Waals surface area contributed by atoms with Crippen LogP contribution in [0.15, 0.2) is 45.6 Å². The van der Waals surface area contributed by atoms with Gasteiger partial charge in [0.1, 0.15) is 11.5 Å². The lowest BCUT2D eigenvalue weighted by molar-refractivity contribution is 1.07. The lowest BCUT2D eigenvalue weighted by atomic mass is 10.1. The fourth-order valence-corrected chi connectivity index (χ4v) is 2.91. The molecular formula is C15H13N3S. The van der Waals surface area contributed by atoms with Gasteiger partial charge in [0.15, 0.2) is 0 Å². The molecule has 94 valence electrons. The molecule has 0 bridgehead atoms. The van der Waals surface area contributed by atoms with E-state index in [1.54, 1.807) is 18.0 Å². The van der Waals surface area contributed by atoms with Gasteiger partial charge >= 0.3 is 0 Å². The van der Waals surface area contributed by atoms with E-state index >= 15 is 0 Å². The quantitative estimate of drug-likeness (QED) is 0.772. The van der Waals surface area contributed by atoms with Crippen molar-refractivity contribution in [1.29, 1.82) is 0 Å². The van der Waals surface area contributed by atoms with Gasteiger partial charge in [-0.25, -0.2) is 9.97 Å². The van der Waals surface area contributed by atoms with Gasteiger partial charge in [-0.15, -0.1) is 0 Å². The monoisotopic (exact) mass is 267 g/mol. The number of aryl methyl sites for hydroxylation is 1. The molecule has 3 nitrogen and oxygen atoms in total. The van der Waals surface area contributed by atoms with E-state index in [2.05, 4.69) is 21.0 Å². The van der Waals surface area contributed by atoms with E-state index in [1.165, 1.54) is 4.90 Å². The van der Waals surface area contributed by atoms with E-state index in [0.717, 1.165) is 28.1 Å². The standard InChI is InChI=1S/C15H13N3S/c1-3-4-8-16-12-9-19-13-7-5-6-11-14(13)15(12)18-10(2)17-11/h3-9H,1-2H3/b4-3-,16-8-. The van der Waals surface area contributed by atoms with Crippen molar-refractivity contribution in [3.05, 3.63) is 47.3 Å². The Bertz CT molecular complexity index is 729. The third-order valence-corrected chi connectivity index (χ3v) is 3.76. The molecule has 0 unspecified atom stereocenters. The average molecular weight is 267 g/mol. The lowest BCUT2D eigenvalue weighted by Gasteiger charge is -2.14. The maximum absolute atomic E-state index is 4.56. The van der Waals surface area contributed by atoms with Gasteiger partial charge in [-0.2, -0.15) is 0 Å². The topological polar surface area (TPSA) is 38.1 Å². The molecule has 1 aromatic heterocycles. The highest BCUT2D eigenvalue weighted by Gasteiger charge is 2.17. The minimum Gasteiger partial charge on any atom is -0.254 e. The maximum Gasteiger partial charge on any atom is 0.126 e. The summed E-state index contributed by atoms with van der Waals surface area (Å²) in [6.45, 7) is 3.88. The van der Waals surface area contributed by atoms with Crippen LogP contribution in [-0.4, -0.2) is 16.2 Å². The van der Waals surface area contributed by atoms with Crippen LogP contribution in [0.2, 0.25) is 0 Å². The van der Waals surface area contributed by atoms with Crippen LogP contribution in [0, 0.1) is 6.92 Å². The van der Waals surface area contributed by atoms with E-state index in [-0.39, 0.29) is 0 Å². The van der Waals surface area contributed by atoms with Crippen molar-refractivity contribution in [3.8, 4) is 0 Å². The molecule has 1 aliphatic rings. The minimum absolute atomic E-state index is 0.777. The van der Waals surface area contributed by atoms with Crippen LogP contribution in [0.3, 0.4) is 0 Å². The Morgan fingerprint density at radius 2 is 2.16 bits per heavy atom. The number of nitrogens with zero attached hydrogens (tertiary/aromatic N) is 3. The van der Waals surface area contributed by atoms with Crippen LogP contribution in [0.25, 0.3) is 16.6 Å². The largest absolute Gasteiger partial charge is 0.254 e. The van der Waals surface area contributed by atoms with E-state index in [9.17, 15) is 0 Å². The molecule has 0 atom stereocenters. The number of rotatable bonds is 2. The molecule has 3 rings (SSSR count). The van der Waals surface area contributed by atoms with E-state index < -0.39 is 0 Å². The predicted molar refractivity (Wildman–Crippen MR) is 81.4 cm³/mol. The Morgan fingerprint density at radius 3 is 3.00 bits per heavy atom. The summed E-state index contributed by atoms with van der Waals surface area (Å²) in [5.41, 5.74) is 2.81. The Morgan fingerprint density at radius 1 is 1.26 bits per heavy atom. The summed E-state index contributed by atoms with van der Waals surface area (Å²) in [4.78, 5) is 14.7. The van der Waals surface area contributed by atoms with E-state index in [4.69, 9.17) is 0 Å². The molecule has 0 saturated carbocycles. The molecular weight excluding hydrogens is 254 g/mol.